The van der Waals surface area contributed by atoms with Crippen molar-refractivity contribution in [1.82, 2.24) is 9.55 Å². The molecule has 2 aromatic heterocycles. The predicted octanol–water partition coefficient (Wildman–Crippen LogP) is 8.40. The smallest absolute Gasteiger partial charge is 0.119 e. The summed E-state index contributed by atoms with van der Waals surface area (Å²) in [5.41, 5.74) is 10.6. The molecule has 0 saturated heterocycles. The number of ether oxygens (including phenoxy) is 1. The summed E-state index contributed by atoms with van der Waals surface area (Å²) in [5.74, 6) is 0.841. The van der Waals surface area contributed by atoms with Crippen LogP contribution in [-0.4, -0.2) is 16.7 Å². The van der Waals surface area contributed by atoms with Gasteiger partial charge in [0, 0.05) is 47.2 Å². The molecule has 0 aliphatic carbocycles. The van der Waals surface area contributed by atoms with Crippen LogP contribution in [0.5, 0.6) is 5.75 Å². The number of aromatic nitrogens is 2. The zero-order chi connectivity index (χ0) is 26.4. The van der Waals surface area contributed by atoms with Crippen LogP contribution in [0.2, 0.25) is 0 Å². The molecule has 0 atom stereocenters. The Morgan fingerprint density at radius 3 is 1.64 bits per heavy atom. The van der Waals surface area contributed by atoms with Crippen molar-refractivity contribution in [2.75, 3.05) is 7.11 Å². The molecule has 190 valence electrons. The van der Waals surface area contributed by atoms with Gasteiger partial charge in [-0.15, -0.1) is 0 Å². The number of hydrogen-bond donors (Lipinski definition) is 0. The van der Waals surface area contributed by atoms with Crippen molar-refractivity contribution in [3.8, 4) is 33.8 Å². The Bertz CT molecular complexity index is 1540. The van der Waals surface area contributed by atoms with Gasteiger partial charge in [0.1, 0.15) is 5.75 Å². The molecule has 6 rings (SSSR count). The first kappa shape index (κ1) is 24.4. The van der Waals surface area contributed by atoms with Gasteiger partial charge in [0.15, 0.2) is 0 Å². The molecule has 0 N–H and O–H groups in total. The summed E-state index contributed by atoms with van der Waals surface area (Å²) < 4.78 is 7.96. The highest BCUT2D eigenvalue weighted by molar-refractivity contribution is 5.88. The van der Waals surface area contributed by atoms with Gasteiger partial charge in [-0.1, -0.05) is 97.1 Å². The number of methoxy groups -OCH3 is 1. The van der Waals surface area contributed by atoms with Crippen molar-refractivity contribution in [3.63, 3.8) is 0 Å². The number of hydrogen-bond acceptors (Lipinski definition) is 2. The zero-order valence-electron chi connectivity index (χ0n) is 22.0. The van der Waals surface area contributed by atoms with Crippen LogP contribution < -0.4 is 4.74 Å². The van der Waals surface area contributed by atoms with Gasteiger partial charge >= 0.3 is 0 Å². The van der Waals surface area contributed by atoms with E-state index in [0.29, 0.717) is 0 Å². The Morgan fingerprint density at radius 1 is 0.564 bits per heavy atom. The molecule has 0 aliphatic heterocycles. The average molecular weight is 507 g/mol. The van der Waals surface area contributed by atoms with E-state index in [0.717, 1.165) is 30.0 Å². The minimum atomic E-state index is 0.771. The van der Waals surface area contributed by atoms with Crippen molar-refractivity contribution in [1.29, 1.82) is 0 Å². The van der Waals surface area contributed by atoms with Gasteiger partial charge in [0.25, 0.3) is 0 Å². The highest BCUT2D eigenvalue weighted by atomic mass is 16.5. The lowest BCUT2D eigenvalue weighted by Gasteiger charge is -2.16. The highest BCUT2D eigenvalue weighted by Gasteiger charge is 2.26. The van der Waals surface area contributed by atoms with Crippen LogP contribution in [0.15, 0.2) is 140 Å². The molecule has 0 radical (unpaired) electrons. The van der Waals surface area contributed by atoms with Gasteiger partial charge in [0.2, 0.25) is 0 Å². The molecule has 3 heteroatoms. The lowest BCUT2D eigenvalue weighted by atomic mass is 9.94. The average Bonchev–Trinajstić information content (AvgIpc) is 3.32. The highest BCUT2D eigenvalue weighted by Crippen LogP contribution is 2.43. The number of pyridine rings is 1. The molecule has 0 aliphatic rings. The fourth-order valence-electron chi connectivity index (χ4n) is 5.33. The maximum absolute atomic E-state index is 5.51. The van der Waals surface area contributed by atoms with Crippen LogP contribution in [0.25, 0.3) is 28.1 Å². The molecule has 0 saturated carbocycles. The normalized spacial score (nSPS) is 10.9. The van der Waals surface area contributed by atoms with Gasteiger partial charge in [-0.3, -0.25) is 4.98 Å². The standard InChI is InChI=1S/C36H30N2O/c1-39-31-22-20-30(21-23-31)38-33(25-27-13-5-2-6-14-27)35(29-17-9-4-10-18-29)36(32-19-11-12-24-37-32)34(38)26-28-15-7-3-8-16-28/h2-24H,25-26H2,1H3. The van der Waals surface area contributed by atoms with Crippen molar-refractivity contribution in [2.24, 2.45) is 0 Å². The fourth-order valence-corrected chi connectivity index (χ4v) is 5.33. The van der Waals surface area contributed by atoms with Crippen LogP contribution >= 0.6 is 0 Å². The summed E-state index contributed by atoms with van der Waals surface area (Å²) in [4.78, 5) is 4.89. The number of rotatable bonds is 8. The molecule has 0 bridgehead atoms. The van der Waals surface area contributed by atoms with Gasteiger partial charge in [-0.05, 0) is 53.1 Å². The minimum Gasteiger partial charge on any atom is -0.497 e. The van der Waals surface area contributed by atoms with E-state index in [1.54, 1.807) is 7.11 Å². The van der Waals surface area contributed by atoms with E-state index in [2.05, 4.69) is 120 Å². The number of benzene rings is 4. The predicted molar refractivity (Wildman–Crippen MR) is 159 cm³/mol. The third-order valence-corrected chi connectivity index (χ3v) is 7.11. The van der Waals surface area contributed by atoms with E-state index >= 15 is 0 Å². The Balaban J connectivity index is 1.71. The van der Waals surface area contributed by atoms with E-state index in [-0.39, 0.29) is 0 Å². The summed E-state index contributed by atoms with van der Waals surface area (Å²) in [6.07, 6.45) is 3.44. The van der Waals surface area contributed by atoms with Crippen molar-refractivity contribution >= 4 is 0 Å². The van der Waals surface area contributed by atoms with Gasteiger partial charge < -0.3 is 9.30 Å². The van der Waals surface area contributed by atoms with E-state index in [4.69, 9.17) is 9.72 Å². The fraction of sp³-hybridized carbons (Fsp3) is 0.0833. The summed E-state index contributed by atoms with van der Waals surface area (Å²) in [7, 11) is 1.71. The van der Waals surface area contributed by atoms with E-state index in [9.17, 15) is 0 Å². The Morgan fingerprint density at radius 2 is 1.10 bits per heavy atom. The van der Waals surface area contributed by atoms with Crippen LogP contribution in [0.3, 0.4) is 0 Å². The SMILES string of the molecule is COc1ccc(-n2c(Cc3ccccc3)c(-c3ccccc3)c(-c3ccccn3)c2Cc2ccccc2)cc1. The largest absolute Gasteiger partial charge is 0.497 e. The molecule has 0 unspecified atom stereocenters. The third kappa shape index (κ3) is 5.12. The van der Waals surface area contributed by atoms with Crippen LogP contribution in [0.4, 0.5) is 0 Å². The lowest BCUT2D eigenvalue weighted by molar-refractivity contribution is 0.414. The van der Waals surface area contributed by atoms with Crippen molar-refractivity contribution in [3.05, 3.63) is 162 Å². The Hall–Kier alpha value is -4.89. The molecule has 39 heavy (non-hydrogen) atoms. The maximum Gasteiger partial charge on any atom is 0.119 e. The van der Waals surface area contributed by atoms with Crippen LogP contribution in [0.1, 0.15) is 22.5 Å². The monoisotopic (exact) mass is 506 g/mol. The van der Waals surface area contributed by atoms with Crippen LogP contribution in [-0.2, 0) is 12.8 Å². The zero-order valence-corrected chi connectivity index (χ0v) is 22.0. The van der Waals surface area contributed by atoms with Crippen LogP contribution in [0, 0.1) is 0 Å². The lowest BCUT2D eigenvalue weighted by Crippen LogP contribution is -2.07. The van der Waals surface area contributed by atoms with Gasteiger partial charge in [-0.2, -0.15) is 0 Å². The van der Waals surface area contributed by atoms with Gasteiger partial charge in [-0.25, -0.2) is 0 Å². The molecular weight excluding hydrogens is 476 g/mol. The van der Waals surface area contributed by atoms with E-state index in [1.165, 1.54) is 39.2 Å². The Kier molecular flexibility index (Phi) is 7.05. The summed E-state index contributed by atoms with van der Waals surface area (Å²) in [6, 6.07) is 46.7. The molecule has 2 heterocycles. The molecule has 0 amide bonds. The maximum atomic E-state index is 5.51. The molecule has 3 nitrogen and oxygen atoms in total. The number of nitrogens with zero attached hydrogens (tertiary/aromatic N) is 2. The first-order chi connectivity index (χ1) is 19.3. The second-order valence-corrected chi connectivity index (χ2v) is 9.58. The summed E-state index contributed by atoms with van der Waals surface area (Å²) in [5, 5.41) is 0. The molecule has 6 aromatic rings. The molecule has 4 aromatic carbocycles. The first-order valence-corrected chi connectivity index (χ1v) is 13.3. The molecule has 0 spiro atoms. The third-order valence-electron chi connectivity index (χ3n) is 7.11. The second-order valence-electron chi connectivity index (χ2n) is 9.58. The van der Waals surface area contributed by atoms with Gasteiger partial charge in [0.05, 0.1) is 12.8 Å². The minimum absolute atomic E-state index is 0.771. The van der Waals surface area contributed by atoms with Crippen molar-refractivity contribution in [2.45, 2.75) is 12.8 Å². The quantitative estimate of drug-likeness (QED) is 0.207. The Labute approximate surface area is 230 Å². The molecular formula is C36H30N2O. The van der Waals surface area contributed by atoms with E-state index < -0.39 is 0 Å². The summed E-state index contributed by atoms with van der Waals surface area (Å²) in [6.45, 7) is 0. The van der Waals surface area contributed by atoms with Crippen molar-refractivity contribution < 1.29 is 4.74 Å². The topological polar surface area (TPSA) is 27.1 Å². The van der Waals surface area contributed by atoms with E-state index in [1.807, 2.05) is 24.4 Å². The molecule has 0 fully saturated rings. The first-order valence-electron chi connectivity index (χ1n) is 13.3. The summed E-state index contributed by atoms with van der Waals surface area (Å²) >= 11 is 0. The second kappa shape index (κ2) is 11.2.